The quantitative estimate of drug-likeness (QED) is 0.0645. The van der Waals surface area contributed by atoms with Gasteiger partial charge in [-0.1, -0.05) is 122 Å². The second kappa shape index (κ2) is 28.5. The molecule has 1 aliphatic rings. The Balaban J connectivity index is 1.46. The van der Waals surface area contributed by atoms with Crippen molar-refractivity contribution in [1.29, 1.82) is 0 Å². The highest BCUT2D eigenvalue weighted by Crippen LogP contribution is 2.31. The van der Waals surface area contributed by atoms with E-state index in [0.29, 0.717) is 43.5 Å². The largest absolute Gasteiger partial charge is 0.492 e. The van der Waals surface area contributed by atoms with Crippen molar-refractivity contribution in [3.63, 3.8) is 0 Å². The Morgan fingerprint density at radius 2 is 1.38 bits per heavy atom. The molecule has 0 aliphatic carbocycles. The number of carbonyl (C=O) groups excluding carboxylic acids is 6. The first-order chi connectivity index (χ1) is 34.7. The molecule has 404 valence electrons. The Morgan fingerprint density at radius 1 is 0.781 bits per heavy atom. The van der Waals surface area contributed by atoms with Crippen molar-refractivity contribution in [2.45, 2.75) is 149 Å². The Bertz CT molecular complexity index is 2220. The van der Waals surface area contributed by atoms with E-state index in [1.807, 2.05) is 114 Å². The lowest BCUT2D eigenvalue weighted by molar-refractivity contribution is -0.151. The molecule has 4 N–H and O–H groups in total. The third-order valence-electron chi connectivity index (χ3n) is 14.3. The highest BCUT2D eigenvalue weighted by Gasteiger charge is 2.44. The number of nitrogens with one attached hydrogen (secondary N) is 2. The van der Waals surface area contributed by atoms with E-state index in [4.69, 9.17) is 19.0 Å². The lowest BCUT2D eigenvalue weighted by Crippen LogP contribution is -2.60. The van der Waals surface area contributed by atoms with Crippen LogP contribution in [-0.4, -0.2) is 149 Å². The summed E-state index contributed by atoms with van der Waals surface area (Å²) in [7, 11) is 6.48. The van der Waals surface area contributed by atoms with Crippen LogP contribution < -0.4 is 15.5 Å². The van der Waals surface area contributed by atoms with Crippen LogP contribution in [0.3, 0.4) is 0 Å². The molecule has 1 fully saturated rings. The molecule has 0 bridgehead atoms. The molecule has 1 aromatic heterocycles. The molecule has 73 heavy (non-hydrogen) atoms. The van der Waals surface area contributed by atoms with Crippen molar-refractivity contribution in [3.05, 3.63) is 83.9 Å². The molecule has 2 aromatic carbocycles. The summed E-state index contributed by atoms with van der Waals surface area (Å²) in [4.78, 5) is 94.1. The number of likely N-dealkylation sites (tertiary alicyclic amines) is 1. The summed E-state index contributed by atoms with van der Waals surface area (Å²) in [6.07, 6.45) is 0.627. The molecule has 1 aliphatic heterocycles. The van der Waals surface area contributed by atoms with Gasteiger partial charge in [0.15, 0.2) is 0 Å². The van der Waals surface area contributed by atoms with Crippen molar-refractivity contribution in [2.75, 3.05) is 41.4 Å². The number of benzene rings is 2. The zero-order valence-electron chi connectivity index (χ0n) is 45.0. The zero-order valence-corrected chi connectivity index (χ0v) is 45.0. The number of amides is 4. The van der Waals surface area contributed by atoms with Gasteiger partial charge >= 0.3 is 11.9 Å². The molecule has 0 spiro atoms. The molecule has 0 radical (unpaired) electrons. The van der Waals surface area contributed by atoms with Crippen LogP contribution in [-0.2, 0) is 49.6 Å². The van der Waals surface area contributed by atoms with E-state index in [2.05, 4.69) is 10.6 Å². The smallest absolute Gasteiger partial charge is 0.333 e. The van der Waals surface area contributed by atoms with Crippen LogP contribution in [0.1, 0.15) is 111 Å². The van der Waals surface area contributed by atoms with E-state index in [0.717, 1.165) is 11.1 Å². The number of likely N-dealkylation sites (N-methyl/N-ethyl adjacent to an activating group) is 2. The molecule has 1 saturated heterocycles. The normalized spacial score (nSPS) is 17.5. The molecule has 4 rings (SSSR count). The minimum atomic E-state index is -1.01. The van der Waals surface area contributed by atoms with Crippen molar-refractivity contribution in [3.8, 4) is 11.8 Å². The van der Waals surface area contributed by atoms with E-state index in [1.165, 1.54) is 26.4 Å². The van der Waals surface area contributed by atoms with Gasteiger partial charge in [0.1, 0.15) is 18.7 Å². The molecule has 18 heteroatoms. The SMILES string of the molecule is CCC(C)C(C(CC(=O)N1CCCC1C(OC)C(C)C(=O)NC(C(=O)OCc1ccccc1)C(C)c1ccccc1)OC)N(C)C(=O)C(NC(=O)C(C(C)C)N(C)CCCC(=O)On1c(O)ccc1O)C(C)C. The topological polar surface area (TPSA) is 219 Å². The molecule has 18 nitrogen and oxygen atoms in total. The van der Waals surface area contributed by atoms with Crippen LogP contribution in [0.2, 0.25) is 0 Å². The molecular weight excluding hydrogens is 937 g/mol. The predicted molar refractivity (Wildman–Crippen MR) is 276 cm³/mol. The van der Waals surface area contributed by atoms with Gasteiger partial charge in [-0.05, 0) is 61.7 Å². The predicted octanol–water partition coefficient (Wildman–Crippen LogP) is 5.68. The Labute approximate surface area is 432 Å². The highest BCUT2D eigenvalue weighted by molar-refractivity contribution is 5.90. The number of ether oxygens (including phenoxy) is 3. The van der Waals surface area contributed by atoms with Crippen molar-refractivity contribution in [2.24, 2.45) is 23.7 Å². The molecule has 10 unspecified atom stereocenters. The maximum absolute atomic E-state index is 14.7. The van der Waals surface area contributed by atoms with E-state index in [-0.39, 0.29) is 54.9 Å². The highest BCUT2D eigenvalue weighted by atomic mass is 16.7. The van der Waals surface area contributed by atoms with Gasteiger partial charge in [0.05, 0.1) is 42.7 Å². The summed E-state index contributed by atoms with van der Waals surface area (Å²) >= 11 is 0. The zero-order chi connectivity index (χ0) is 54.1. The van der Waals surface area contributed by atoms with Crippen LogP contribution in [0.25, 0.3) is 0 Å². The minimum absolute atomic E-state index is 0.0438. The van der Waals surface area contributed by atoms with Crippen molar-refractivity contribution in [1.82, 2.24) is 30.1 Å². The molecular formula is C55H82N6O12. The van der Waals surface area contributed by atoms with Gasteiger partial charge in [-0.15, -0.1) is 4.73 Å². The average molecular weight is 1020 g/mol. The summed E-state index contributed by atoms with van der Waals surface area (Å²) in [6, 6.07) is 17.5. The minimum Gasteiger partial charge on any atom is -0.492 e. The van der Waals surface area contributed by atoms with E-state index < -0.39 is 83.9 Å². The first-order valence-electron chi connectivity index (χ1n) is 25.7. The molecule has 0 saturated carbocycles. The second-order valence-corrected chi connectivity index (χ2v) is 20.2. The first kappa shape index (κ1) is 59.6. The first-order valence-corrected chi connectivity index (χ1v) is 25.7. The van der Waals surface area contributed by atoms with Crippen LogP contribution in [0.4, 0.5) is 0 Å². The number of methoxy groups -OCH3 is 2. The third kappa shape index (κ3) is 16.0. The standard InChI is InChI=1S/C55H82N6O12/c1-13-36(6)50(59(10)54(68)47(34(2)3)56-53(67)49(35(4)5)58(9)30-21-27-46(65)73-61-43(62)28-29-44(61)63)42(70-11)32-45(64)60-31-20-26-41(60)51(71-12)38(8)52(66)57-48(37(7)40-24-18-15-19-25-40)55(69)72-33-39-22-16-14-17-23-39/h14-19,22-25,28-29,34-38,41-42,47-51,62-63H,13,20-21,26-27,30-33H2,1-12H3,(H,56,67)(H,57,66). The number of aromatic nitrogens is 1. The van der Waals surface area contributed by atoms with Crippen molar-refractivity contribution >= 4 is 35.6 Å². The maximum Gasteiger partial charge on any atom is 0.333 e. The van der Waals surface area contributed by atoms with Crippen LogP contribution in [0.15, 0.2) is 72.8 Å². The van der Waals surface area contributed by atoms with E-state index in [1.54, 1.807) is 30.8 Å². The Hall–Kier alpha value is -5.98. The number of nitrogens with zero attached hydrogens (tertiary/aromatic N) is 4. The third-order valence-corrected chi connectivity index (χ3v) is 14.3. The average Bonchev–Trinajstić information content (AvgIpc) is 3.98. The van der Waals surface area contributed by atoms with E-state index in [9.17, 15) is 39.0 Å². The van der Waals surface area contributed by atoms with Gasteiger partial charge in [-0.25, -0.2) is 9.59 Å². The summed E-state index contributed by atoms with van der Waals surface area (Å²) in [5.41, 5.74) is 1.66. The van der Waals surface area contributed by atoms with Gasteiger partial charge in [0.2, 0.25) is 35.4 Å². The number of aromatic hydroxyl groups is 2. The Morgan fingerprint density at radius 3 is 1.95 bits per heavy atom. The molecule has 2 heterocycles. The number of hydrogen-bond donors (Lipinski definition) is 4. The second-order valence-electron chi connectivity index (χ2n) is 20.2. The Kier molecular flexibility index (Phi) is 23.2. The lowest BCUT2D eigenvalue weighted by atomic mass is 9.89. The van der Waals surface area contributed by atoms with Crippen LogP contribution >= 0.6 is 0 Å². The fourth-order valence-corrected chi connectivity index (χ4v) is 9.98. The molecule has 10 atom stereocenters. The summed E-state index contributed by atoms with van der Waals surface area (Å²) < 4.78 is 18.5. The summed E-state index contributed by atoms with van der Waals surface area (Å²) in [5.74, 6) is -5.29. The summed E-state index contributed by atoms with van der Waals surface area (Å²) in [5, 5.41) is 25.7. The monoisotopic (exact) mass is 1020 g/mol. The van der Waals surface area contributed by atoms with Crippen molar-refractivity contribution < 1.29 is 58.0 Å². The number of esters is 1. The van der Waals surface area contributed by atoms with Gasteiger partial charge in [0.25, 0.3) is 0 Å². The van der Waals surface area contributed by atoms with Gasteiger partial charge in [-0.3, -0.25) is 24.1 Å². The van der Waals surface area contributed by atoms with E-state index >= 15 is 0 Å². The fourth-order valence-electron chi connectivity index (χ4n) is 9.98. The van der Waals surface area contributed by atoms with Crippen LogP contribution in [0, 0.1) is 23.7 Å². The number of rotatable bonds is 28. The fraction of sp³-hybridized carbons (Fsp3) is 0.600. The molecule has 4 amide bonds. The number of hydrogen-bond acceptors (Lipinski definition) is 13. The van der Waals surface area contributed by atoms with Gasteiger partial charge < -0.3 is 49.7 Å². The van der Waals surface area contributed by atoms with Gasteiger partial charge in [-0.2, -0.15) is 0 Å². The maximum atomic E-state index is 14.7. The summed E-state index contributed by atoms with van der Waals surface area (Å²) in [6.45, 7) is 15.9. The van der Waals surface area contributed by atoms with Gasteiger partial charge in [0, 0.05) is 52.3 Å². The lowest BCUT2D eigenvalue weighted by Gasteiger charge is -2.41. The number of carbonyl (C=O) groups is 6. The van der Waals surface area contributed by atoms with Crippen LogP contribution in [0.5, 0.6) is 11.8 Å². The molecule has 3 aromatic rings.